The third kappa shape index (κ3) is 14.5. The molecule has 6 aromatic heterocycles. The SMILES string of the molecule is Cn1c(-c2ccccc2O)nc2ccccc21.O=c1cccc2ccc3ccc[nH]c3c12.Oc1ccccc1-c1ccccn1.Oc1ccccc1-c1nc2ccccc2n1-c1ccccc1.Oc1ccccc1-c1nc2ccccc2o1.Oc1ccccc1-c1nc2ccccc2s1. The molecule has 0 aliphatic rings. The predicted octanol–water partition coefficient (Wildman–Crippen LogP) is 19.3. The molecule has 0 saturated carbocycles. The number of aromatic hydroxyl groups is 5. The minimum Gasteiger partial charge on any atom is -0.507 e. The van der Waals surface area contributed by atoms with Crippen LogP contribution in [0.4, 0.5) is 0 Å². The van der Waals surface area contributed by atoms with Crippen LogP contribution in [0.1, 0.15) is 0 Å². The van der Waals surface area contributed by atoms with E-state index in [0.717, 1.165) is 115 Å². The van der Waals surface area contributed by atoms with Crippen LogP contribution in [0.15, 0.2) is 331 Å². The second kappa shape index (κ2) is 29.9. The number of nitrogens with one attached hydrogen (secondary N) is 1. The van der Waals surface area contributed by atoms with Gasteiger partial charge < -0.3 is 39.5 Å². The van der Waals surface area contributed by atoms with Gasteiger partial charge in [0, 0.05) is 30.7 Å². The molecular formula is C83H62N8O7S. The van der Waals surface area contributed by atoms with E-state index in [1.54, 1.807) is 78.2 Å². The lowest BCUT2D eigenvalue weighted by Crippen LogP contribution is -1.99. The Morgan fingerprint density at radius 3 is 1.53 bits per heavy atom. The number of aromatic amines is 1. The van der Waals surface area contributed by atoms with E-state index in [0.29, 0.717) is 11.5 Å². The van der Waals surface area contributed by atoms with E-state index in [2.05, 4.69) is 29.5 Å². The molecule has 0 bridgehead atoms. The zero-order valence-corrected chi connectivity index (χ0v) is 54.0. The third-order valence-corrected chi connectivity index (χ3v) is 17.1. The summed E-state index contributed by atoms with van der Waals surface area (Å²) in [6.45, 7) is 0. The van der Waals surface area contributed by atoms with E-state index in [9.17, 15) is 30.3 Å². The standard InChI is InChI=1S/C19H14N2O.C14H12N2O.C13H9NO2.C13H9NOS.C13H9NO.C11H9NO/c22-18-13-7-4-10-15(18)19-20-16-11-5-6-12-17(16)21(19)14-8-2-1-3-9-14;1-16-12-8-4-3-7-11(12)15-14(16)10-6-2-5-9-13(10)17;2*15-11-7-3-1-5-9(11)13-14-10-6-2-4-8-12(10)16-13;15-11-5-1-3-9-6-7-10-4-2-8-14-13(10)12(9)11;13-11-7-2-1-5-9(11)10-6-3-4-8-12-10/h1-13,22H;2-9,17H,1H3;2*1-8,15H;1-8,14H;1-8,13H. The number of hydrogen-bond acceptors (Lipinski definition) is 13. The van der Waals surface area contributed by atoms with Crippen LogP contribution >= 0.6 is 11.3 Å². The van der Waals surface area contributed by atoms with Crippen LogP contribution in [-0.4, -0.2) is 64.6 Å². The maximum Gasteiger partial charge on any atom is 0.231 e. The number of fused-ring (bicyclic) bond motifs is 7. The molecule has 0 fully saturated rings. The van der Waals surface area contributed by atoms with Crippen molar-refractivity contribution in [1.82, 2.24) is 39.0 Å². The number of oxazole rings is 1. The lowest BCUT2D eigenvalue weighted by Gasteiger charge is -2.10. The van der Waals surface area contributed by atoms with E-state index in [1.807, 2.05) is 267 Å². The van der Waals surface area contributed by atoms with Crippen molar-refractivity contribution in [3.63, 3.8) is 0 Å². The fraction of sp³-hybridized carbons (Fsp3) is 0.0120. The van der Waals surface area contributed by atoms with Gasteiger partial charge in [-0.1, -0.05) is 164 Å². The van der Waals surface area contributed by atoms with E-state index in [1.165, 1.54) is 0 Å². The van der Waals surface area contributed by atoms with E-state index in [-0.39, 0.29) is 34.2 Å². The molecular weight excluding hydrogens is 1250 g/mol. The molecule has 18 aromatic rings. The first-order valence-electron chi connectivity index (χ1n) is 31.5. The number of thiazole rings is 1. The van der Waals surface area contributed by atoms with Crippen LogP contribution in [-0.2, 0) is 7.05 Å². The van der Waals surface area contributed by atoms with E-state index < -0.39 is 0 Å². The van der Waals surface area contributed by atoms with Crippen molar-refractivity contribution < 1.29 is 29.9 Å². The molecule has 0 spiro atoms. The molecule has 0 radical (unpaired) electrons. The van der Waals surface area contributed by atoms with Gasteiger partial charge in [-0.05, 0) is 156 Å². The summed E-state index contributed by atoms with van der Waals surface area (Å²) in [6, 6.07) is 96.4. The summed E-state index contributed by atoms with van der Waals surface area (Å²) < 4.78 is 10.8. The fourth-order valence-corrected chi connectivity index (χ4v) is 12.2. The Balaban J connectivity index is 0.000000107. The maximum atomic E-state index is 11.8. The van der Waals surface area contributed by atoms with E-state index in [4.69, 9.17) is 9.40 Å². The Kier molecular flexibility index (Phi) is 19.4. The molecule has 0 unspecified atom stereocenters. The van der Waals surface area contributed by atoms with Gasteiger partial charge in [0.1, 0.15) is 50.9 Å². The number of aryl methyl sites for hydroxylation is 1. The van der Waals surface area contributed by atoms with Gasteiger partial charge in [0.15, 0.2) is 11.0 Å². The Labute approximate surface area is 571 Å². The van der Waals surface area contributed by atoms with Crippen molar-refractivity contribution in [2.45, 2.75) is 0 Å². The molecule has 15 nitrogen and oxygen atoms in total. The summed E-state index contributed by atoms with van der Waals surface area (Å²) in [6.07, 6.45) is 3.55. The molecule has 0 atom stereocenters. The number of phenols is 5. The second-order valence-electron chi connectivity index (χ2n) is 22.4. The lowest BCUT2D eigenvalue weighted by atomic mass is 10.1. The van der Waals surface area contributed by atoms with Crippen molar-refractivity contribution in [3.05, 3.63) is 332 Å². The summed E-state index contributed by atoms with van der Waals surface area (Å²) in [5.41, 5.74) is 12.9. The first-order valence-corrected chi connectivity index (χ1v) is 32.3. The molecule has 6 N–H and O–H groups in total. The van der Waals surface area contributed by atoms with Gasteiger partial charge in [0.25, 0.3) is 0 Å². The highest BCUT2D eigenvalue weighted by molar-refractivity contribution is 7.21. The first kappa shape index (κ1) is 64.3. The summed E-state index contributed by atoms with van der Waals surface area (Å²) in [5, 5.41) is 52.7. The average Bonchev–Trinajstić information content (AvgIpc) is 1.73. The Morgan fingerprint density at radius 2 is 0.899 bits per heavy atom. The summed E-state index contributed by atoms with van der Waals surface area (Å²) >= 11 is 1.59. The topological polar surface area (TPSA) is 221 Å². The molecule has 16 heteroatoms. The Morgan fingerprint density at radius 1 is 0.394 bits per heavy atom. The van der Waals surface area contributed by atoms with Gasteiger partial charge in [-0.25, -0.2) is 19.9 Å². The normalized spacial score (nSPS) is 10.7. The van der Waals surface area contributed by atoms with Crippen molar-refractivity contribution in [2.24, 2.45) is 7.05 Å². The van der Waals surface area contributed by atoms with Gasteiger partial charge in [-0.15, -0.1) is 11.3 Å². The van der Waals surface area contributed by atoms with Crippen LogP contribution < -0.4 is 5.43 Å². The predicted molar refractivity (Wildman–Crippen MR) is 397 cm³/mol. The minimum atomic E-state index is 0.0700. The van der Waals surface area contributed by atoms with Crippen LogP contribution in [0.25, 0.3) is 127 Å². The van der Waals surface area contributed by atoms with Gasteiger partial charge in [0.05, 0.1) is 71.1 Å². The molecule has 99 heavy (non-hydrogen) atoms. The highest BCUT2D eigenvalue weighted by Crippen LogP contribution is 2.37. The maximum absolute atomic E-state index is 11.8. The molecule has 482 valence electrons. The minimum absolute atomic E-state index is 0.0700. The van der Waals surface area contributed by atoms with Crippen molar-refractivity contribution in [3.8, 4) is 90.5 Å². The fourth-order valence-electron chi connectivity index (χ4n) is 11.2. The highest BCUT2D eigenvalue weighted by Gasteiger charge is 2.18. The number of benzene rings is 12. The number of H-pyrrole nitrogens is 1. The van der Waals surface area contributed by atoms with E-state index >= 15 is 0 Å². The number of rotatable bonds is 6. The van der Waals surface area contributed by atoms with Gasteiger partial charge in [-0.3, -0.25) is 14.3 Å². The second-order valence-corrected chi connectivity index (χ2v) is 23.4. The average molecular weight is 1320 g/mol. The lowest BCUT2D eigenvalue weighted by molar-refractivity contribution is 0.474. The molecule has 0 aliphatic carbocycles. The zero-order chi connectivity index (χ0) is 68.0. The number of pyridine rings is 2. The first-order chi connectivity index (χ1) is 48.5. The molecule has 0 amide bonds. The van der Waals surface area contributed by atoms with Crippen LogP contribution in [0, 0.1) is 0 Å². The van der Waals surface area contributed by atoms with Crippen LogP contribution in [0.5, 0.6) is 28.7 Å². The van der Waals surface area contributed by atoms with Crippen LogP contribution in [0.3, 0.4) is 0 Å². The van der Waals surface area contributed by atoms with Crippen LogP contribution in [0.2, 0.25) is 0 Å². The molecule has 12 aromatic carbocycles. The third-order valence-electron chi connectivity index (χ3n) is 16.0. The highest BCUT2D eigenvalue weighted by atomic mass is 32.1. The molecule has 0 saturated heterocycles. The van der Waals surface area contributed by atoms with Gasteiger partial charge >= 0.3 is 0 Å². The summed E-state index contributed by atoms with van der Waals surface area (Å²) in [4.78, 5) is 37.1. The van der Waals surface area contributed by atoms with Crippen molar-refractivity contribution in [2.75, 3.05) is 0 Å². The number of nitrogens with zero attached hydrogens (tertiary/aromatic N) is 7. The smallest absolute Gasteiger partial charge is 0.231 e. The van der Waals surface area contributed by atoms with Gasteiger partial charge in [-0.2, -0.15) is 0 Å². The number of hydrogen-bond donors (Lipinski definition) is 6. The molecule has 0 aliphatic heterocycles. The number of phenolic OH excluding ortho intramolecular Hbond substituents is 5. The van der Waals surface area contributed by atoms with Gasteiger partial charge in [0.2, 0.25) is 5.89 Å². The Bertz CT molecular complexity index is 5670. The molecule has 18 rings (SSSR count). The monoisotopic (exact) mass is 1310 g/mol. The summed E-state index contributed by atoms with van der Waals surface area (Å²) in [7, 11) is 1.96. The van der Waals surface area contributed by atoms with Crippen molar-refractivity contribution >= 4 is 76.4 Å². The number of para-hydroxylation sites is 13. The molecule has 6 heterocycles. The zero-order valence-electron chi connectivity index (χ0n) is 53.2. The number of aromatic nitrogens is 8. The number of imidazole rings is 2. The van der Waals surface area contributed by atoms with Crippen molar-refractivity contribution in [1.29, 1.82) is 0 Å². The summed E-state index contributed by atoms with van der Waals surface area (Å²) in [5.74, 6) is 3.17. The Hall–Kier alpha value is -13.4. The quantitative estimate of drug-likeness (QED) is 0.0856. The largest absolute Gasteiger partial charge is 0.507 e.